The van der Waals surface area contributed by atoms with Crippen molar-refractivity contribution in [2.75, 3.05) is 0 Å². The Morgan fingerprint density at radius 1 is 0.476 bits per heavy atom. The molecule has 12 rings (SSSR count). The maximum absolute atomic E-state index is 6.44. The average molecular weight is 821 g/mol. The first-order chi connectivity index (χ1) is 30.9. The van der Waals surface area contributed by atoms with Gasteiger partial charge in [-0.25, -0.2) is 9.13 Å². The van der Waals surface area contributed by atoms with Crippen LogP contribution in [0.2, 0.25) is 0 Å². The highest BCUT2D eigenvalue weighted by Gasteiger charge is 2.22. The molecule has 0 bridgehead atoms. The molecule has 4 heterocycles. The van der Waals surface area contributed by atoms with Crippen LogP contribution in [0.3, 0.4) is 0 Å². The second kappa shape index (κ2) is 16.0. The van der Waals surface area contributed by atoms with Gasteiger partial charge in [0.25, 0.3) is 0 Å². The lowest BCUT2D eigenvalue weighted by Gasteiger charge is -2.21. The van der Waals surface area contributed by atoms with E-state index in [2.05, 4.69) is 201 Å². The third kappa shape index (κ3) is 6.95. The monoisotopic (exact) mass is 820 g/mol. The molecule has 4 nitrogen and oxygen atoms in total. The van der Waals surface area contributed by atoms with Crippen molar-refractivity contribution in [3.8, 4) is 33.6 Å². The number of benzene rings is 7. The van der Waals surface area contributed by atoms with E-state index in [9.17, 15) is 0 Å². The van der Waals surface area contributed by atoms with Crippen molar-refractivity contribution in [3.05, 3.63) is 181 Å². The zero-order valence-electron chi connectivity index (χ0n) is 36.6. The van der Waals surface area contributed by atoms with Crippen LogP contribution in [-0.2, 0) is 20.5 Å². The second-order valence-electron chi connectivity index (χ2n) is 17.8. The SMILES string of the molecule is Cc1c(-c2cc(-c3ccccc3)cc[n+]2C)ccc2c1oc1ccc3ccccc3c12.Cc1c(-c2cc(CC3CCCCC3)cc[n+]2C)ccc2c1oc1ccc3ccccc3c12. The van der Waals surface area contributed by atoms with Crippen LogP contribution in [0.1, 0.15) is 48.8 Å². The lowest BCUT2D eigenvalue weighted by atomic mass is 9.85. The predicted octanol–water partition coefficient (Wildman–Crippen LogP) is 14.9. The largest absolute Gasteiger partial charge is 0.456 e. The zero-order valence-corrected chi connectivity index (χ0v) is 36.6. The fraction of sp³-hybridized carbons (Fsp3) is 0.186. The van der Waals surface area contributed by atoms with Crippen molar-refractivity contribution in [2.24, 2.45) is 20.0 Å². The quantitative estimate of drug-likeness (QED) is 0.162. The zero-order chi connectivity index (χ0) is 42.6. The number of rotatable bonds is 5. The normalized spacial score (nSPS) is 13.4. The minimum Gasteiger partial charge on any atom is -0.456 e. The highest BCUT2D eigenvalue weighted by molar-refractivity contribution is 6.20. The molecule has 308 valence electrons. The van der Waals surface area contributed by atoms with E-state index < -0.39 is 0 Å². The smallest absolute Gasteiger partial charge is 0.213 e. The molecule has 1 aliphatic carbocycles. The summed E-state index contributed by atoms with van der Waals surface area (Å²) in [7, 11) is 4.25. The van der Waals surface area contributed by atoms with Gasteiger partial charge in [0, 0.05) is 56.9 Å². The van der Waals surface area contributed by atoms with E-state index in [0.717, 1.165) is 28.2 Å². The molecule has 1 saturated carbocycles. The summed E-state index contributed by atoms with van der Waals surface area (Å²) in [4.78, 5) is 0. The molecule has 0 atom stereocenters. The van der Waals surface area contributed by atoms with Crippen molar-refractivity contribution >= 4 is 65.4 Å². The Balaban J connectivity index is 0.000000141. The van der Waals surface area contributed by atoms with E-state index >= 15 is 0 Å². The number of hydrogen-bond donors (Lipinski definition) is 0. The summed E-state index contributed by atoms with van der Waals surface area (Å²) >= 11 is 0. The van der Waals surface area contributed by atoms with Crippen LogP contribution in [0.15, 0.2) is 173 Å². The Bertz CT molecular complexity index is 3510. The minimum atomic E-state index is 0.844. The van der Waals surface area contributed by atoms with Crippen molar-refractivity contribution in [1.29, 1.82) is 0 Å². The van der Waals surface area contributed by atoms with Gasteiger partial charge in [0.2, 0.25) is 11.4 Å². The first-order valence-electron chi connectivity index (χ1n) is 22.6. The molecule has 0 saturated heterocycles. The number of nitrogens with zero attached hydrogens (tertiary/aromatic N) is 2. The first-order valence-corrected chi connectivity index (χ1v) is 22.6. The van der Waals surface area contributed by atoms with Crippen LogP contribution in [-0.4, -0.2) is 0 Å². The van der Waals surface area contributed by atoms with E-state index in [1.165, 1.54) is 132 Å². The molecule has 11 aromatic rings. The van der Waals surface area contributed by atoms with Crippen LogP contribution < -0.4 is 9.13 Å². The van der Waals surface area contributed by atoms with Gasteiger partial charge in [-0.2, -0.15) is 0 Å². The van der Waals surface area contributed by atoms with E-state index in [0.29, 0.717) is 0 Å². The Morgan fingerprint density at radius 3 is 1.59 bits per heavy atom. The van der Waals surface area contributed by atoms with Crippen molar-refractivity contribution in [2.45, 2.75) is 52.4 Å². The van der Waals surface area contributed by atoms with Gasteiger partial charge in [-0.05, 0) is 101 Å². The standard InChI is InChI=1S/C30H30NO.C29H22NO/c1-20-24(27-19-22(16-17-31(27)2)18-21-8-4-3-5-9-21)13-14-26-29-25-11-7-6-10-23(25)12-15-28(29)32-30(20)26;1-19-23(26-18-22(16-17-30(26)2)20-8-4-3-5-9-20)13-14-25-28-24-11-7-6-10-21(24)12-15-27(28)31-29(19)25/h6-7,10-17,19,21H,3-5,8-9,18H2,1-2H3;3-18H,1-2H3/q2*+1. The third-order valence-corrected chi connectivity index (χ3v) is 13.8. The highest BCUT2D eigenvalue weighted by atomic mass is 16.3. The van der Waals surface area contributed by atoms with Crippen LogP contribution >= 0.6 is 0 Å². The van der Waals surface area contributed by atoms with Crippen molar-refractivity contribution < 1.29 is 18.0 Å². The van der Waals surface area contributed by atoms with Gasteiger partial charge >= 0.3 is 0 Å². The summed E-state index contributed by atoms with van der Waals surface area (Å²) in [6.07, 6.45) is 12.5. The van der Waals surface area contributed by atoms with E-state index in [4.69, 9.17) is 8.83 Å². The number of hydrogen-bond acceptors (Lipinski definition) is 2. The average Bonchev–Trinajstić information content (AvgIpc) is 3.92. The summed E-state index contributed by atoms with van der Waals surface area (Å²) in [5.41, 5.74) is 15.0. The predicted molar refractivity (Wildman–Crippen MR) is 261 cm³/mol. The maximum Gasteiger partial charge on any atom is 0.213 e. The van der Waals surface area contributed by atoms with Crippen LogP contribution in [0, 0.1) is 19.8 Å². The molecule has 7 aromatic carbocycles. The number of aromatic nitrogens is 2. The summed E-state index contributed by atoms with van der Waals surface area (Å²) in [6, 6.07) is 54.2. The van der Waals surface area contributed by atoms with Crippen LogP contribution in [0.4, 0.5) is 0 Å². The molecular weight excluding hydrogens is 769 g/mol. The molecule has 63 heavy (non-hydrogen) atoms. The number of pyridine rings is 2. The van der Waals surface area contributed by atoms with Gasteiger partial charge in [-0.15, -0.1) is 0 Å². The summed E-state index contributed by atoms with van der Waals surface area (Å²) in [5.74, 6) is 0.844. The Hall–Kier alpha value is -7.04. The molecule has 4 aromatic heterocycles. The van der Waals surface area contributed by atoms with Gasteiger partial charge in [-0.3, -0.25) is 0 Å². The lowest BCUT2D eigenvalue weighted by molar-refractivity contribution is -0.660. The first kappa shape index (κ1) is 38.9. The Morgan fingerprint density at radius 2 is 1.00 bits per heavy atom. The summed E-state index contributed by atoms with van der Waals surface area (Å²) < 4.78 is 17.3. The van der Waals surface area contributed by atoms with Crippen LogP contribution in [0.25, 0.3) is 99.1 Å². The van der Waals surface area contributed by atoms with Gasteiger partial charge in [-0.1, -0.05) is 123 Å². The molecule has 4 heteroatoms. The van der Waals surface area contributed by atoms with Crippen molar-refractivity contribution in [1.82, 2.24) is 0 Å². The molecule has 0 amide bonds. The molecule has 0 aliphatic heterocycles. The molecule has 0 spiro atoms. The van der Waals surface area contributed by atoms with E-state index in [1.807, 2.05) is 0 Å². The molecule has 0 radical (unpaired) electrons. The second-order valence-corrected chi connectivity index (χ2v) is 17.8. The number of aryl methyl sites for hydroxylation is 4. The summed E-state index contributed by atoms with van der Waals surface area (Å²) in [6.45, 7) is 4.37. The highest BCUT2D eigenvalue weighted by Crippen LogP contribution is 2.41. The minimum absolute atomic E-state index is 0.844. The molecular formula is C59H52N2O2+2. The summed E-state index contributed by atoms with van der Waals surface area (Å²) in [5, 5.41) is 9.80. The lowest BCUT2D eigenvalue weighted by Crippen LogP contribution is -2.31. The molecule has 0 unspecified atom stereocenters. The Kier molecular flexibility index (Phi) is 9.88. The van der Waals surface area contributed by atoms with Crippen molar-refractivity contribution in [3.63, 3.8) is 0 Å². The molecule has 0 N–H and O–H groups in total. The van der Waals surface area contributed by atoms with Gasteiger partial charge in [0.1, 0.15) is 36.4 Å². The molecule has 1 fully saturated rings. The third-order valence-electron chi connectivity index (χ3n) is 13.8. The van der Waals surface area contributed by atoms with E-state index in [1.54, 1.807) is 0 Å². The van der Waals surface area contributed by atoms with Crippen LogP contribution in [0.5, 0.6) is 0 Å². The fourth-order valence-electron chi connectivity index (χ4n) is 10.4. The number of fused-ring (bicyclic) bond motifs is 10. The fourth-order valence-corrected chi connectivity index (χ4v) is 10.4. The van der Waals surface area contributed by atoms with Gasteiger partial charge in [0.15, 0.2) is 12.4 Å². The molecule has 1 aliphatic rings. The Labute approximate surface area is 368 Å². The number of furan rings is 2. The maximum atomic E-state index is 6.44. The van der Waals surface area contributed by atoms with E-state index in [-0.39, 0.29) is 0 Å². The van der Waals surface area contributed by atoms with Gasteiger partial charge < -0.3 is 8.83 Å². The van der Waals surface area contributed by atoms with Gasteiger partial charge in [0.05, 0.1) is 11.1 Å². The topological polar surface area (TPSA) is 34.0 Å².